The van der Waals surface area contributed by atoms with Gasteiger partial charge in [0.1, 0.15) is 17.1 Å². The number of hydrogen-bond acceptors (Lipinski definition) is 6. The maximum atomic E-state index is 11.7. The predicted molar refractivity (Wildman–Crippen MR) is 70.8 cm³/mol. The Labute approximate surface area is 110 Å². The van der Waals surface area contributed by atoms with Crippen LogP contribution >= 0.6 is 0 Å². The van der Waals surface area contributed by atoms with Gasteiger partial charge in [-0.3, -0.25) is 0 Å². The lowest BCUT2D eigenvalue weighted by atomic mass is 10.2. The van der Waals surface area contributed by atoms with E-state index < -0.39 is 5.97 Å². The molecule has 0 unspecified atom stereocenters. The molecule has 0 aliphatic rings. The fourth-order valence-electron chi connectivity index (χ4n) is 1.75. The Bertz CT molecular complexity index is 567. The fraction of sp³-hybridized carbons (Fsp3) is 0.231. The first kappa shape index (κ1) is 12.9. The van der Waals surface area contributed by atoms with Crippen molar-refractivity contribution < 1.29 is 13.9 Å². The van der Waals surface area contributed by atoms with Gasteiger partial charge >= 0.3 is 5.97 Å². The fourth-order valence-corrected chi connectivity index (χ4v) is 1.75. The molecule has 0 bridgehead atoms. The van der Waals surface area contributed by atoms with Gasteiger partial charge in [0.2, 0.25) is 0 Å². The van der Waals surface area contributed by atoms with Crippen molar-refractivity contribution >= 4 is 17.5 Å². The van der Waals surface area contributed by atoms with E-state index in [1.807, 2.05) is 13.1 Å². The molecular weight excluding hydrogens is 246 g/mol. The highest BCUT2D eigenvalue weighted by Crippen LogP contribution is 2.21. The highest BCUT2D eigenvalue weighted by Gasteiger charge is 2.17. The van der Waals surface area contributed by atoms with Gasteiger partial charge in [-0.15, -0.1) is 0 Å². The third-order valence-corrected chi connectivity index (χ3v) is 2.63. The first-order valence-electron chi connectivity index (χ1n) is 5.69. The summed E-state index contributed by atoms with van der Waals surface area (Å²) in [6.07, 6.45) is 3.10. The molecule has 0 atom stereocenters. The van der Waals surface area contributed by atoms with E-state index in [0.717, 1.165) is 5.76 Å². The van der Waals surface area contributed by atoms with Gasteiger partial charge in [-0.2, -0.15) is 0 Å². The molecule has 6 nitrogen and oxygen atoms in total. The number of esters is 1. The lowest BCUT2D eigenvalue weighted by Crippen LogP contribution is -2.21. The molecule has 0 radical (unpaired) electrons. The standard InChI is InChI=1S/C13H15N3O3/c1-16(8-10-4-3-5-19-10)12-11(13(17)18-2)6-9(14)7-15-12/h3-7H,8,14H2,1-2H3. The van der Waals surface area contributed by atoms with Gasteiger partial charge in [-0.1, -0.05) is 0 Å². The third kappa shape index (κ3) is 2.85. The molecule has 2 rings (SSSR count). The number of nitrogens with two attached hydrogens (primary N) is 1. The van der Waals surface area contributed by atoms with Crippen molar-refractivity contribution in [3.63, 3.8) is 0 Å². The number of ether oxygens (including phenoxy) is 1. The summed E-state index contributed by atoms with van der Waals surface area (Å²) in [5, 5.41) is 0. The highest BCUT2D eigenvalue weighted by molar-refractivity contribution is 5.95. The third-order valence-electron chi connectivity index (χ3n) is 2.63. The number of carbonyl (C=O) groups excluding carboxylic acids is 1. The molecule has 19 heavy (non-hydrogen) atoms. The molecular formula is C13H15N3O3. The van der Waals surface area contributed by atoms with Crippen molar-refractivity contribution in [1.82, 2.24) is 4.98 Å². The molecule has 0 spiro atoms. The first-order chi connectivity index (χ1) is 9.11. The van der Waals surface area contributed by atoms with Crippen molar-refractivity contribution in [2.24, 2.45) is 0 Å². The second kappa shape index (κ2) is 5.43. The molecule has 0 aromatic carbocycles. The average Bonchev–Trinajstić information content (AvgIpc) is 2.90. The van der Waals surface area contributed by atoms with Crippen LogP contribution in [0, 0.1) is 0 Å². The zero-order valence-corrected chi connectivity index (χ0v) is 10.8. The van der Waals surface area contributed by atoms with Gasteiger partial charge in [-0.25, -0.2) is 9.78 Å². The number of rotatable bonds is 4. The maximum absolute atomic E-state index is 11.7. The number of aromatic nitrogens is 1. The Hall–Kier alpha value is -2.50. The second-order valence-corrected chi connectivity index (χ2v) is 4.07. The molecule has 2 aromatic rings. The van der Waals surface area contributed by atoms with E-state index in [1.165, 1.54) is 13.3 Å². The molecule has 0 saturated heterocycles. The normalized spacial score (nSPS) is 10.2. The summed E-state index contributed by atoms with van der Waals surface area (Å²) in [4.78, 5) is 17.7. The number of nitrogen functional groups attached to an aromatic ring is 1. The summed E-state index contributed by atoms with van der Waals surface area (Å²) in [7, 11) is 3.13. The minimum atomic E-state index is -0.471. The van der Waals surface area contributed by atoms with Gasteiger partial charge in [0.05, 0.1) is 31.8 Å². The summed E-state index contributed by atoms with van der Waals surface area (Å²) < 4.78 is 10.00. The van der Waals surface area contributed by atoms with Gasteiger partial charge in [0.15, 0.2) is 0 Å². The summed E-state index contributed by atoms with van der Waals surface area (Å²) in [5.41, 5.74) is 6.39. The number of methoxy groups -OCH3 is 1. The number of carbonyl (C=O) groups is 1. The van der Waals surface area contributed by atoms with Crippen LogP contribution in [0.5, 0.6) is 0 Å². The largest absolute Gasteiger partial charge is 0.467 e. The Morgan fingerprint density at radius 2 is 2.37 bits per heavy atom. The predicted octanol–water partition coefficient (Wildman–Crippen LogP) is 1.68. The minimum absolute atomic E-state index is 0.330. The van der Waals surface area contributed by atoms with E-state index in [4.69, 9.17) is 14.9 Å². The van der Waals surface area contributed by atoms with Crippen molar-refractivity contribution in [3.8, 4) is 0 Å². The van der Waals surface area contributed by atoms with E-state index >= 15 is 0 Å². The molecule has 0 amide bonds. The SMILES string of the molecule is COC(=O)c1cc(N)cnc1N(C)Cc1ccco1. The average molecular weight is 261 g/mol. The van der Waals surface area contributed by atoms with E-state index in [9.17, 15) is 4.79 Å². The van der Waals surface area contributed by atoms with E-state index in [0.29, 0.717) is 23.6 Å². The number of anilines is 2. The van der Waals surface area contributed by atoms with Crippen LogP contribution in [-0.2, 0) is 11.3 Å². The zero-order valence-electron chi connectivity index (χ0n) is 10.8. The Morgan fingerprint density at radius 1 is 1.58 bits per heavy atom. The zero-order chi connectivity index (χ0) is 13.8. The molecule has 0 fully saturated rings. The van der Waals surface area contributed by atoms with Crippen molar-refractivity contribution in [2.45, 2.75) is 6.54 Å². The van der Waals surface area contributed by atoms with Crippen LogP contribution in [0.25, 0.3) is 0 Å². The van der Waals surface area contributed by atoms with Crippen molar-refractivity contribution in [2.75, 3.05) is 24.8 Å². The van der Waals surface area contributed by atoms with Gasteiger partial charge in [0, 0.05) is 7.05 Å². The van der Waals surface area contributed by atoms with Gasteiger partial charge in [-0.05, 0) is 18.2 Å². The molecule has 0 aliphatic heterocycles. The van der Waals surface area contributed by atoms with Crippen molar-refractivity contribution in [1.29, 1.82) is 0 Å². The Kier molecular flexibility index (Phi) is 3.70. The number of hydrogen-bond donors (Lipinski definition) is 1. The van der Waals surface area contributed by atoms with Crippen LogP contribution in [0.4, 0.5) is 11.5 Å². The Morgan fingerprint density at radius 3 is 3.00 bits per heavy atom. The monoisotopic (exact) mass is 261 g/mol. The number of pyridine rings is 1. The van der Waals surface area contributed by atoms with Gasteiger partial charge in [0.25, 0.3) is 0 Å². The quantitative estimate of drug-likeness (QED) is 0.843. The summed E-state index contributed by atoms with van der Waals surface area (Å²) in [6.45, 7) is 0.494. The molecule has 100 valence electrons. The summed E-state index contributed by atoms with van der Waals surface area (Å²) in [5.74, 6) is 0.801. The van der Waals surface area contributed by atoms with E-state index in [2.05, 4.69) is 4.98 Å². The number of nitrogens with zero attached hydrogens (tertiary/aromatic N) is 2. The molecule has 0 saturated carbocycles. The van der Waals surface area contributed by atoms with Crippen LogP contribution in [0.3, 0.4) is 0 Å². The van der Waals surface area contributed by atoms with Crippen molar-refractivity contribution in [3.05, 3.63) is 42.0 Å². The van der Waals surface area contributed by atoms with Crippen LogP contribution < -0.4 is 10.6 Å². The summed E-state index contributed by atoms with van der Waals surface area (Å²) in [6, 6.07) is 5.21. The van der Waals surface area contributed by atoms with Crippen LogP contribution in [0.1, 0.15) is 16.1 Å². The van der Waals surface area contributed by atoms with Gasteiger partial charge < -0.3 is 19.8 Å². The van der Waals surface area contributed by atoms with E-state index in [-0.39, 0.29) is 0 Å². The molecule has 6 heteroatoms. The Balaban J connectivity index is 2.30. The molecule has 2 heterocycles. The topological polar surface area (TPSA) is 81.6 Å². The number of furan rings is 1. The van der Waals surface area contributed by atoms with Crippen LogP contribution in [0.15, 0.2) is 35.1 Å². The molecule has 2 N–H and O–H groups in total. The smallest absolute Gasteiger partial charge is 0.341 e. The minimum Gasteiger partial charge on any atom is -0.467 e. The van der Waals surface area contributed by atoms with Crippen LogP contribution in [0.2, 0.25) is 0 Å². The molecule has 2 aromatic heterocycles. The molecule has 0 aliphatic carbocycles. The lowest BCUT2D eigenvalue weighted by molar-refractivity contribution is 0.0601. The lowest BCUT2D eigenvalue weighted by Gasteiger charge is -2.19. The van der Waals surface area contributed by atoms with E-state index in [1.54, 1.807) is 23.3 Å². The highest BCUT2D eigenvalue weighted by atomic mass is 16.5. The second-order valence-electron chi connectivity index (χ2n) is 4.07. The van der Waals surface area contributed by atoms with Crippen LogP contribution in [-0.4, -0.2) is 25.1 Å². The summed E-state index contributed by atoms with van der Waals surface area (Å²) >= 11 is 0. The first-order valence-corrected chi connectivity index (χ1v) is 5.69. The maximum Gasteiger partial charge on any atom is 0.341 e.